The number of imidazole rings is 1. The molecule has 1 aliphatic rings. The molecule has 2 N–H and O–H groups in total. The van der Waals surface area contributed by atoms with Gasteiger partial charge in [0.05, 0.1) is 19.1 Å². The first-order valence-corrected chi connectivity index (χ1v) is 7.82. The van der Waals surface area contributed by atoms with E-state index in [4.69, 9.17) is 4.74 Å². The summed E-state index contributed by atoms with van der Waals surface area (Å²) in [5.41, 5.74) is 0.377. The van der Waals surface area contributed by atoms with Gasteiger partial charge in [-0.15, -0.1) is 0 Å². The Labute approximate surface area is 134 Å². The Balaban J connectivity index is 1.97. The van der Waals surface area contributed by atoms with Gasteiger partial charge in [-0.2, -0.15) is 4.98 Å². The summed E-state index contributed by atoms with van der Waals surface area (Å²) in [4.78, 5) is 21.1. The van der Waals surface area contributed by atoms with Gasteiger partial charge in [0.2, 0.25) is 17.7 Å². The van der Waals surface area contributed by atoms with Crippen LogP contribution in [0.1, 0.15) is 45.6 Å². The Hall–Kier alpha value is -2.15. The van der Waals surface area contributed by atoms with Crippen molar-refractivity contribution in [1.82, 2.24) is 14.5 Å². The third-order valence-electron chi connectivity index (χ3n) is 4.01. The fraction of sp³-hybridized carbons (Fsp3) is 0.562. The van der Waals surface area contributed by atoms with E-state index < -0.39 is 5.60 Å². The summed E-state index contributed by atoms with van der Waals surface area (Å²) in [6.07, 6.45) is 3.25. The predicted octanol–water partition coefficient (Wildman–Crippen LogP) is 2.26. The Bertz CT molecular complexity index is 729. The Kier molecular flexibility index (Phi) is 3.97. The molecule has 0 radical (unpaired) electrons. The van der Waals surface area contributed by atoms with E-state index >= 15 is 0 Å². The van der Waals surface area contributed by atoms with Crippen LogP contribution < -0.4 is 10.1 Å². The normalized spacial score (nSPS) is 15.5. The van der Waals surface area contributed by atoms with Gasteiger partial charge in [0.1, 0.15) is 5.52 Å². The molecule has 0 aliphatic heterocycles. The largest absolute Gasteiger partial charge is 0.481 e. The van der Waals surface area contributed by atoms with E-state index in [2.05, 4.69) is 15.3 Å². The lowest BCUT2D eigenvalue weighted by Crippen LogP contribution is -2.29. The predicted molar refractivity (Wildman–Crippen MR) is 86.5 cm³/mol. The second-order valence-corrected chi connectivity index (χ2v) is 6.62. The molecule has 0 saturated heterocycles. The molecule has 1 aliphatic carbocycles. The van der Waals surface area contributed by atoms with Crippen LogP contribution in [-0.4, -0.2) is 38.3 Å². The van der Waals surface area contributed by atoms with Gasteiger partial charge in [-0.1, -0.05) is 0 Å². The zero-order valence-electron chi connectivity index (χ0n) is 13.7. The molecule has 3 rings (SSSR count). The zero-order chi connectivity index (χ0) is 16.6. The van der Waals surface area contributed by atoms with Crippen LogP contribution in [0.5, 0.6) is 5.88 Å². The van der Waals surface area contributed by atoms with Crippen molar-refractivity contribution in [3.8, 4) is 5.88 Å². The minimum absolute atomic E-state index is 0.0115. The second-order valence-electron chi connectivity index (χ2n) is 6.62. The number of pyridine rings is 1. The summed E-state index contributed by atoms with van der Waals surface area (Å²) in [6, 6.07) is 3.88. The van der Waals surface area contributed by atoms with Crippen molar-refractivity contribution >= 4 is 23.0 Å². The van der Waals surface area contributed by atoms with E-state index in [-0.39, 0.29) is 18.4 Å². The van der Waals surface area contributed by atoms with Crippen LogP contribution in [0.15, 0.2) is 12.1 Å². The van der Waals surface area contributed by atoms with Gasteiger partial charge in [0.15, 0.2) is 5.65 Å². The highest BCUT2D eigenvalue weighted by Gasteiger charge is 2.27. The first-order chi connectivity index (χ1) is 10.9. The summed E-state index contributed by atoms with van der Waals surface area (Å²) in [6.45, 7) is 3.21. The Morgan fingerprint density at radius 2 is 2.17 bits per heavy atom. The molecule has 124 valence electrons. The molecule has 7 nitrogen and oxygen atoms in total. The lowest BCUT2D eigenvalue weighted by molar-refractivity contribution is -0.119. The van der Waals surface area contributed by atoms with Gasteiger partial charge in [-0.3, -0.25) is 14.7 Å². The number of hydrogen-bond donors (Lipinski definition) is 2. The van der Waals surface area contributed by atoms with Crippen molar-refractivity contribution in [1.29, 1.82) is 0 Å². The van der Waals surface area contributed by atoms with E-state index in [1.165, 1.54) is 0 Å². The summed E-state index contributed by atoms with van der Waals surface area (Å²) in [5, 5.41) is 12.6. The molecular weight excluding hydrogens is 296 g/mol. The van der Waals surface area contributed by atoms with Crippen molar-refractivity contribution in [2.75, 3.05) is 12.4 Å². The number of carbonyl (C=O) groups is 1. The monoisotopic (exact) mass is 318 g/mol. The second kappa shape index (κ2) is 5.81. The van der Waals surface area contributed by atoms with Gasteiger partial charge >= 0.3 is 0 Å². The molecule has 7 heteroatoms. The molecule has 2 heterocycles. The number of nitrogens with one attached hydrogen (secondary N) is 1. The highest BCUT2D eigenvalue weighted by molar-refractivity contribution is 5.91. The number of fused-ring (bicyclic) bond motifs is 1. The molecule has 0 bridgehead atoms. The SMILES string of the molecule is COc1ccc2nc(NC(=O)CC(C)(C)O)n(C3CCC3)c2n1. The number of carbonyl (C=O) groups excluding carboxylic acids is 1. The summed E-state index contributed by atoms with van der Waals surface area (Å²) in [7, 11) is 1.57. The van der Waals surface area contributed by atoms with Crippen molar-refractivity contribution in [2.45, 2.75) is 51.2 Å². The zero-order valence-corrected chi connectivity index (χ0v) is 13.7. The van der Waals surface area contributed by atoms with Crippen LogP contribution in [0.2, 0.25) is 0 Å². The number of aromatic nitrogens is 3. The van der Waals surface area contributed by atoms with E-state index in [9.17, 15) is 9.90 Å². The molecule has 1 saturated carbocycles. The third-order valence-corrected chi connectivity index (χ3v) is 4.01. The molecule has 2 aromatic heterocycles. The number of methoxy groups -OCH3 is 1. The number of anilines is 1. The average molecular weight is 318 g/mol. The van der Waals surface area contributed by atoms with Gasteiger partial charge in [0.25, 0.3) is 0 Å². The quantitative estimate of drug-likeness (QED) is 0.882. The molecule has 23 heavy (non-hydrogen) atoms. The van der Waals surface area contributed by atoms with Crippen molar-refractivity contribution < 1.29 is 14.6 Å². The molecule has 0 unspecified atom stereocenters. The number of aliphatic hydroxyl groups is 1. The number of ether oxygens (including phenoxy) is 1. The molecule has 0 aromatic carbocycles. The molecule has 0 atom stereocenters. The summed E-state index contributed by atoms with van der Waals surface area (Å²) in [5.74, 6) is 0.743. The Morgan fingerprint density at radius 1 is 1.43 bits per heavy atom. The minimum Gasteiger partial charge on any atom is -0.481 e. The maximum atomic E-state index is 12.1. The number of amides is 1. The first-order valence-electron chi connectivity index (χ1n) is 7.82. The summed E-state index contributed by atoms with van der Waals surface area (Å²) < 4.78 is 7.17. The maximum absolute atomic E-state index is 12.1. The van der Waals surface area contributed by atoms with E-state index in [0.717, 1.165) is 24.8 Å². The number of hydrogen-bond acceptors (Lipinski definition) is 5. The van der Waals surface area contributed by atoms with Crippen LogP contribution in [0.25, 0.3) is 11.2 Å². The smallest absolute Gasteiger partial charge is 0.229 e. The molecule has 1 amide bonds. The molecule has 1 fully saturated rings. The fourth-order valence-corrected chi connectivity index (χ4v) is 2.71. The highest BCUT2D eigenvalue weighted by Crippen LogP contribution is 2.37. The lowest BCUT2D eigenvalue weighted by Gasteiger charge is -2.28. The topological polar surface area (TPSA) is 89.3 Å². The van der Waals surface area contributed by atoms with Crippen molar-refractivity contribution in [2.24, 2.45) is 0 Å². The van der Waals surface area contributed by atoms with Crippen LogP contribution in [-0.2, 0) is 4.79 Å². The van der Waals surface area contributed by atoms with Gasteiger partial charge in [-0.05, 0) is 39.2 Å². The van der Waals surface area contributed by atoms with E-state index in [1.54, 1.807) is 27.0 Å². The van der Waals surface area contributed by atoms with Gasteiger partial charge in [-0.25, -0.2) is 4.98 Å². The van der Waals surface area contributed by atoms with Crippen LogP contribution in [0, 0.1) is 0 Å². The van der Waals surface area contributed by atoms with Gasteiger partial charge < -0.3 is 9.84 Å². The van der Waals surface area contributed by atoms with Crippen LogP contribution in [0.3, 0.4) is 0 Å². The van der Waals surface area contributed by atoms with Crippen molar-refractivity contribution in [3.63, 3.8) is 0 Å². The fourth-order valence-electron chi connectivity index (χ4n) is 2.71. The van der Waals surface area contributed by atoms with E-state index in [1.807, 2.05) is 10.6 Å². The standard InChI is InChI=1S/C16H22N4O3/c1-16(2,22)9-12(21)18-15-17-11-7-8-13(23-3)19-14(11)20(15)10-5-4-6-10/h7-8,10,22H,4-6,9H2,1-3H3,(H,17,18,21). The molecule has 2 aromatic rings. The minimum atomic E-state index is -1.06. The Morgan fingerprint density at radius 3 is 2.74 bits per heavy atom. The van der Waals surface area contributed by atoms with Crippen LogP contribution >= 0.6 is 0 Å². The van der Waals surface area contributed by atoms with Crippen molar-refractivity contribution in [3.05, 3.63) is 12.1 Å². The average Bonchev–Trinajstić information content (AvgIpc) is 2.72. The number of rotatable bonds is 5. The maximum Gasteiger partial charge on any atom is 0.229 e. The molecule has 0 spiro atoms. The third kappa shape index (κ3) is 3.29. The number of nitrogens with zero attached hydrogens (tertiary/aromatic N) is 3. The van der Waals surface area contributed by atoms with E-state index in [0.29, 0.717) is 17.5 Å². The molecular formula is C16H22N4O3. The summed E-state index contributed by atoms with van der Waals surface area (Å²) >= 11 is 0. The first kappa shape index (κ1) is 15.7. The highest BCUT2D eigenvalue weighted by atomic mass is 16.5. The lowest BCUT2D eigenvalue weighted by atomic mass is 9.93. The van der Waals surface area contributed by atoms with Crippen LogP contribution in [0.4, 0.5) is 5.95 Å². The van der Waals surface area contributed by atoms with Gasteiger partial charge in [0, 0.05) is 12.1 Å².